The minimum absolute atomic E-state index is 0.134. The van der Waals surface area contributed by atoms with E-state index in [1.54, 1.807) is 0 Å². The van der Waals surface area contributed by atoms with Gasteiger partial charge < -0.3 is 5.32 Å². The van der Waals surface area contributed by atoms with Crippen LogP contribution in [0.15, 0.2) is 23.0 Å². The molecule has 0 saturated carbocycles. The maximum Gasteiger partial charge on any atom is 0.276 e. The molecule has 3 rings (SSSR count). The summed E-state index contributed by atoms with van der Waals surface area (Å²) in [4.78, 5) is 12.2. The van der Waals surface area contributed by atoms with E-state index in [9.17, 15) is 9.18 Å². The van der Waals surface area contributed by atoms with Crippen molar-refractivity contribution in [1.82, 2.24) is 15.1 Å². The highest BCUT2D eigenvalue weighted by Crippen LogP contribution is 2.20. The predicted molar refractivity (Wildman–Crippen MR) is 66.8 cm³/mol. The monoisotopic (exact) mass is 267 g/mol. The smallest absolute Gasteiger partial charge is 0.276 e. The van der Waals surface area contributed by atoms with Crippen LogP contribution in [0.25, 0.3) is 5.69 Å². The molecule has 0 aliphatic carbocycles. The van der Waals surface area contributed by atoms with Crippen LogP contribution in [-0.2, 0) is 13.0 Å². The maximum absolute atomic E-state index is 13.0. The van der Waals surface area contributed by atoms with Gasteiger partial charge in [-0.15, -0.1) is 0 Å². The molecule has 2 aromatic rings. The number of H-pyrrole nitrogens is 1. The zero-order valence-electron chi connectivity index (χ0n) is 9.46. The second kappa shape index (κ2) is 4.26. The molecule has 0 spiro atoms. The van der Waals surface area contributed by atoms with Gasteiger partial charge in [0.2, 0.25) is 0 Å². The third-order valence-corrected chi connectivity index (χ3v) is 3.38. The molecule has 2 N–H and O–H groups in total. The predicted octanol–water partition coefficient (Wildman–Crippen LogP) is 1.60. The highest BCUT2D eigenvalue weighted by molar-refractivity contribution is 6.32. The molecule has 0 amide bonds. The Morgan fingerprint density at radius 2 is 2.22 bits per heavy atom. The van der Waals surface area contributed by atoms with E-state index in [4.69, 9.17) is 11.6 Å². The first-order chi connectivity index (χ1) is 8.66. The van der Waals surface area contributed by atoms with Crippen molar-refractivity contribution >= 4 is 11.6 Å². The molecular formula is C12H11ClFN3O. The summed E-state index contributed by atoms with van der Waals surface area (Å²) in [5.41, 5.74) is 1.98. The van der Waals surface area contributed by atoms with Gasteiger partial charge in [-0.05, 0) is 18.2 Å². The Balaban J connectivity index is 2.17. The third-order valence-electron chi connectivity index (χ3n) is 3.08. The zero-order valence-corrected chi connectivity index (χ0v) is 10.2. The van der Waals surface area contributed by atoms with Gasteiger partial charge in [-0.25, -0.2) is 9.07 Å². The summed E-state index contributed by atoms with van der Waals surface area (Å²) in [6.07, 6.45) is 0.774. The molecule has 0 saturated heterocycles. The van der Waals surface area contributed by atoms with Gasteiger partial charge in [0.25, 0.3) is 5.56 Å². The summed E-state index contributed by atoms with van der Waals surface area (Å²) in [6.45, 7) is 1.39. The maximum atomic E-state index is 13.0. The van der Waals surface area contributed by atoms with E-state index in [1.165, 1.54) is 22.9 Å². The average molecular weight is 268 g/mol. The Morgan fingerprint density at radius 1 is 1.39 bits per heavy atom. The van der Waals surface area contributed by atoms with Crippen molar-refractivity contribution in [3.63, 3.8) is 0 Å². The number of aromatic amines is 1. The van der Waals surface area contributed by atoms with E-state index >= 15 is 0 Å². The lowest BCUT2D eigenvalue weighted by Crippen LogP contribution is -2.27. The van der Waals surface area contributed by atoms with Gasteiger partial charge in [-0.2, -0.15) is 0 Å². The number of nitrogens with one attached hydrogen (secondary N) is 2. The lowest BCUT2D eigenvalue weighted by atomic mass is 10.1. The van der Waals surface area contributed by atoms with Crippen LogP contribution in [0.1, 0.15) is 11.3 Å². The van der Waals surface area contributed by atoms with E-state index in [1.807, 2.05) is 0 Å². The Bertz CT molecular complexity index is 662. The molecule has 6 heteroatoms. The molecule has 1 aliphatic rings. The van der Waals surface area contributed by atoms with Crippen LogP contribution in [0.4, 0.5) is 4.39 Å². The summed E-state index contributed by atoms with van der Waals surface area (Å²) in [6, 6.07) is 3.97. The van der Waals surface area contributed by atoms with Crippen LogP contribution < -0.4 is 10.9 Å². The Hall–Kier alpha value is -1.59. The van der Waals surface area contributed by atoms with Crippen molar-refractivity contribution in [3.8, 4) is 5.69 Å². The topological polar surface area (TPSA) is 49.8 Å². The number of rotatable bonds is 1. The lowest BCUT2D eigenvalue weighted by Gasteiger charge is -2.09. The molecule has 18 heavy (non-hydrogen) atoms. The van der Waals surface area contributed by atoms with Crippen molar-refractivity contribution < 1.29 is 4.39 Å². The van der Waals surface area contributed by atoms with E-state index in [2.05, 4.69) is 10.4 Å². The molecule has 1 aromatic heterocycles. The Kier molecular flexibility index (Phi) is 2.72. The van der Waals surface area contributed by atoms with Crippen LogP contribution in [0.2, 0.25) is 5.02 Å². The summed E-state index contributed by atoms with van der Waals surface area (Å²) >= 11 is 5.96. The molecule has 4 nitrogen and oxygen atoms in total. The van der Waals surface area contributed by atoms with E-state index in [0.717, 1.165) is 24.2 Å². The number of aromatic nitrogens is 2. The number of fused-ring (bicyclic) bond motifs is 1. The first kappa shape index (κ1) is 11.5. The van der Waals surface area contributed by atoms with Gasteiger partial charge in [-0.3, -0.25) is 9.89 Å². The number of halogens is 2. The summed E-state index contributed by atoms with van der Waals surface area (Å²) < 4.78 is 14.4. The zero-order chi connectivity index (χ0) is 12.7. The Labute approximate surface area is 107 Å². The van der Waals surface area contributed by atoms with Crippen molar-refractivity contribution in [3.05, 3.63) is 50.7 Å². The summed E-state index contributed by atoms with van der Waals surface area (Å²) in [7, 11) is 0. The van der Waals surface area contributed by atoms with Crippen molar-refractivity contribution in [2.45, 2.75) is 13.0 Å². The number of benzene rings is 1. The molecule has 0 atom stereocenters. The molecular weight excluding hydrogens is 257 g/mol. The van der Waals surface area contributed by atoms with Gasteiger partial charge in [0.15, 0.2) is 0 Å². The fourth-order valence-corrected chi connectivity index (χ4v) is 2.42. The van der Waals surface area contributed by atoms with Gasteiger partial charge in [-0.1, -0.05) is 11.6 Å². The number of hydrogen-bond donors (Lipinski definition) is 2. The fraction of sp³-hybridized carbons (Fsp3) is 0.250. The van der Waals surface area contributed by atoms with Crippen LogP contribution in [-0.4, -0.2) is 16.3 Å². The fourth-order valence-electron chi connectivity index (χ4n) is 2.17. The number of nitrogens with zero attached hydrogens (tertiary/aromatic N) is 1. The third kappa shape index (κ3) is 1.76. The van der Waals surface area contributed by atoms with Crippen LogP contribution in [0, 0.1) is 5.82 Å². The second-order valence-corrected chi connectivity index (χ2v) is 4.64. The molecule has 0 radical (unpaired) electrons. The van der Waals surface area contributed by atoms with E-state index < -0.39 is 5.82 Å². The molecule has 1 aliphatic heterocycles. The van der Waals surface area contributed by atoms with Crippen LogP contribution in [0.3, 0.4) is 0 Å². The second-order valence-electron chi connectivity index (χ2n) is 4.23. The van der Waals surface area contributed by atoms with Crippen molar-refractivity contribution in [2.75, 3.05) is 6.54 Å². The summed E-state index contributed by atoms with van der Waals surface area (Å²) in [5, 5.41) is 6.39. The minimum Gasteiger partial charge on any atom is -0.312 e. The van der Waals surface area contributed by atoms with Crippen LogP contribution in [0.5, 0.6) is 0 Å². The lowest BCUT2D eigenvalue weighted by molar-refractivity contribution is 0.626. The quantitative estimate of drug-likeness (QED) is 0.825. The van der Waals surface area contributed by atoms with Gasteiger partial charge in [0, 0.05) is 25.2 Å². The summed E-state index contributed by atoms with van der Waals surface area (Å²) in [5.74, 6) is -0.421. The molecule has 0 fully saturated rings. The largest absolute Gasteiger partial charge is 0.312 e. The van der Waals surface area contributed by atoms with E-state index in [-0.39, 0.29) is 10.6 Å². The molecule has 0 unspecified atom stereocenters. The molecule has 1 aromatic carbocycles. The first-order valence-corrected chi connectivity index (χ1v) is 6.03. The van der Waals surface area contributed by atoms with Crippen LogP contribution >= 0.6 is 11.6 Å². The van der Waals surface area contributed by atoms with E-state index in [0.29, 0.717) is 12.2 Å². The first-order valence-electron chi connectivity index (χ1n) is 5.66. The Morgan fingerprint density at radius 3 is 2.94 bits per heavy atom. The standard InChI is InChI=1S/C12H11ClFN3O/c13-9-5-7(14)1-2-11(9)17-12(18)8-6-15-4-3-10(8)16-17/h1-2,5,15-16H,3-4,6H2. The van der Waals surface area contributed by atoms with Crippen molar-refractivity contribution in [2.24, 2.45) is 0 Å². The van der Waals surface area contributed by atoms with Gasteiger partial charge >= 0.3 is 0 Å². The minimum atomic E-state index is -0.421. The normalized spacial score (nSPS) is 14.6. The molecule has 94 valence electrons. The van der Waals surface area contributed by atoms with Gasteiger partial charge in [0.1, 0.15) is 5.82 Å². The average Bonchev–Trinajstić information content (AvgIpc) is 2.68. The highest BCUT2D eigenvalue weighted by atomic mass is 35.5. The molecule has 2 heterocycles. The van der Waals surface area contributed by atoms with Crippen molar-refractivity contribution in [1.29, 1.82) is 0 Å². The highest BCUT2D eigenvalue weighted by Gasteiger charge is 2.19. The SMILES string of the molecule is O=c1c2c([nH]n1-c1ccc(F)cc1Cl)CCNC2. The number of hydrogen-bond acceptors (Lipinski definition) is 2. The van der Waals surface area contributed by atoms with Gasteiger partial charge in [0.05, 0.1) is 16.3 Å². The molecule has 0 bridgehead atoms.